The van der Waals surface area contributed by atoms with Gasteiger partial charge in [0.15, 0.2) is 0 Å². The fraction of sp³-hybridized carbons (Fsp3) is 0.348. The average molecular weight is 365 g/mol. The summed E-state index contributed by atoms with van der Waals surface area (Å²) in [4.78, 5) is 13.7. The van der Waals surface area contributed by atoms with Crippen LogP contribution in [0, 0.1) is 5.92 Å². The SMILES string of the molecule is CN(C)CC1CCC(=Cc2ccccc2C(=O)O)CC1c1cccc(O)c1. The van der Waals surface area contributed by atoms with Crippen molar-refractivity contribution in [1.29, 1.82) is 0 Å². The molecule has 1 saturated carbocycles. The summed E-state index contributed by atoms with van der Waals surface area (Å²) in [7, 11) is 4.18. The number of phenols is 1. The van der Waals surface area contributed by atoms with Crippen molar-refractivity contribution >= 4 is 12.0 Å². The van der Waals surface area contributed by atoms with Crippen LogP contribution in [0.4, 0.5) is 0 Å². The van der Waals surface area contributed by atoms with E-state index in [-0.39, 0.29) is 0 Å². The molecule has 1 fully saturated rings. The number of aromatic carboxylic acids is 1. The summed E-state index contributed by atoms with van der Waals surface area (Å²) in [5, 5.41) is 19.4. The molecule has 4 heteroatoms. The summed E-state index contributed by atoms with van der Waals surface area (Å²) in [6.45, 7) is 0.999. The number of carboxylic acid groups (broad SMARTS) is 1. The van der Waals surface area contributed by atoms with E-state index in [1.807, 2.05) is 30.3 Å². The lowest BCUT2D eigenvalue weighted by Crippen LogP contribution is -2.29. The Hall–Kier alpha value is -2.59. The zero-order chi connectivity index (χ0) is 19.4. The van der Waals surface area contributed by atoms with Crippen LogP contribution >= 0.6 is 0 Å². The average Bonchev–Trinajstić information content (AvgIpc) is 2.63. The number of allylic oxidation sites excluding steroid dienone is 1. The molecule has 0 heterocycles. The Bertz CT molecular complexity index is 841. The van der Waals surface area contributed by atoms with Gasteiger partial charge >= 0.3 is 5.97 Å². The molecule has 0 amide bonds. The van der Waals surface area contributed by atoms with Gasteiger partial charge in [-0.3, -0.25) is 0 Å². The van der Waals surface area contributed by atoms with Gasteiger partial charge in [-0.2, -0.15) is 0 Å². The van der Waals surface area contributed by atoms with Crippen LogP contribution in [-0.4, -0.2) is 41.7 Å². The highest BCUT2D eigenvalue weighted by Crippen LogP contribution is 2.42. The molecule has 1 aliphatic rings. The van der Waals surface area contributed by atoms with Gasteiger partial charge in [-0.1, -0.05) is 42.0 Å². The first-order chi connectivity index (χ1) is 12.9. The maximum atomic E-state index is 11.5. The van der Waals surface area contributed by atoms with Crippen LogP contribution in [0.25, 0.3) is 6.08 Å². The number of phenolic OH excluding ortho intramolecular Hbond substituents is 1. The molecular formula is C23H27NO3. The van der Waals surface area contributed by atoms with Crippen LogP contribution in [0.2, 0.25) is 0 Å². The number of hydrogen-bond acceptors (Lipinski definition) is 3. The maximum absolute atomic E-state index is 11.5. The predicted molar refractivity (Wildman–Crippen MR) is 108 cm³/mol. The van der Waals surface area contributed by atoms with Gasteiger partial charge in [0.1, 0.15) is 5.75 Å². The number of benzene rings is 2. The van der Waals surface area contributed by atoms with Crippen molar-refractivity contribution in [1.82, 2.24) is 4.90 Å². The van der Waals surface area contributed by atoms with Gasteiger partial charge in [0.05, 0.1) is 5.56 Å². The maximum Gasteiger partial charge on any atom is 0.336 e. The highest BCUT2D eigenvalue weighted by molar-refractivity contribution is 5.92. The van der Waals surface area contributed by atoms with Crippen LogP contribution in [0.3, 0.4) is 0 Å². The van der Waals surface area contributed by atoms with Crippen LogP contribution in [-0.2, 0) is 0 Å². The van der Waals surface area contributed by atoms with Gasteiger partial charge in [0.2, 0.25) is 0 Å². The Balaban J connectivity index is 1.91. The first-order valence-electron chi connectivity index (χ1n) is 9.39. The lowest BCUT2D eigenvalue weighted by molar-refractivity contribution is 0.0696. The molecule has 4 nitrogen and oxygen atoms in total. The Labute approximate surface area is 160 Å². The van der Waals surface area contributed by atoms with Crippen molar-refractivity contribution in [3.63, 3.8) is 0 Å². The molecule has 2 unspecified atom stereocenters. The van der Waals surface area contributed by atoms with Gasteiger partial charge in [-0.05, 0) is 74.5 Å². The summed E-state index contributed by atoms with van der Waals surface area (Å²) in [5.41, 5.74) is 3.53. The van der Waals surface area contributed by atoms with Crippen molar-refractivity contribution in [2.45, 2.75) is 25.2 Å². The zero-order valence-electron chi connectivity index (χ0n) is 15.9. The van der Waals surface area contributed by atoms with Crippen molar-refractivity contribution in [2.75, 3.05) is 20.6 Å². The minimum atomic E-state index is -0.895. The van der Waals surface area contributed by atoms with Crippen molar-refractivity contribution in [3.05, 3.63) is 70.8 Å². The smallest absolute Gasteiger partial charge is 0.336 e. The van der Waals surface area contributed by atoms with E-state index in [1.54, 1.807) is 18.2 Å². The largest absolute Gasteiger partial charge is 0.508 e. The van der Waals surface area contributed by atoms with Gasteiger partial charge < -0.3 is 15.1 Å². The molecule has 0 bridgehead atoms. The van der Waals surface area contributed by atoms with Crippen LogP contribution in [0.5, 0.6) is 5.75 Å². The molecule has 142 valence electrons. The Kier molecular flexibility index (Phi) is 5.97. The molecule has 1 aliphatic carbocycles. The van der Waals surface area contributed by atoms with Crippen molar-refractivity contribution < 1.29 is 15.0 Å². The summed E-state index contributed by atoms with van der Waals surface area (Å²) in [5.74, 6) is 0.224. The van der Waals surface area contributed by atoms with Crippen LogP contribution < -0.4 is 0 Å². The standard InChI is InChI=1S/C23H27NO3/c1-24(2)15-19-11-10-16(12-17-6-3-4-9-21(17)23(26)27)13-22(19)18-7-5-8-20(25)14-18/h3-9,12,14,19,22,25H,10-11,13,15H2,1-2H3,(H,26,27). The van der Waals surface area contributed by atoms with E-state index in [9.17, 15) is 15.0 Å². The van der Waals surface area contributed by atoms with E-state index in [1.165, 1.54) is 5.57 Å². The van der Waals surface area contributed by atoms with E-state index >= 15 is 0 Å². The zero-order valence-corrected chi connectivity index (χ0v) is 15.9. The molecule has 2 aromatic carbocycles. The second-order valence-corrected chi connectivity index (χ2v) is 7.66. The summed E-state index contributed by atoms with van der Waals surface area (Å²) in [6.07, 6.45) is 4.96. The van der Waals surface area contributed by atoms with E-state index in [2.05, 4.69) is 25.1 Å². The van der Waals surface area contributed by atoms with Gasteiger partial charge in [-0.15, -0.1) is 0 Å². The fourth-order valence-corrected chi connectivity index (χ4v) is 4.12. The molecule has 2 atom stereocenters. The quantitative estimate of drug-likeness (QED) is 0.812. The number of rotatable bonds is 5. The lowest BCUT2D eigenvalue weighted by Gasteiger charge is -2.35. The first kappa shape index (κ1) is 19.2. The Morgan fingerprint density at radius 3 is 2.67 bits per heavy atom. The van der Waals surface area contributed by atoms with Gasteiger partial charge in [-0.25, -0.2) is 4.79 Å². The summed E-state index contributed by atoms with van der Waals surface area (Å²) >= 11 is 0. The van der Waals surface area contributed by atoms with E-state index in [4.69, 9.17) is 0 Å². The molecule has 0 radical (unpaired) electrons. The first-order valence-corrected chi connectivity index (χ1v) is 9.39. The predicted octanol–water partition coefficient (Wildman–Crippen LogP) is 4.62. The van der Waals surface area contributed by atoms with E-state index in [0.29, 0.717) is 23.1 Å². The highest BCUT2D eigenvalue weighted by atomic mass is 16.4. The van der Waals surface area contributed by atoms with Gasteiger partial charge in [0, 0.05) is 6.54 Å². The number of carbonyl (C=O) groups is 1. The number of aromatic hydroxyl groups is 1. The molecule has 0 spiro atoms. The monoisotopic (exact) mass is 365 g/mol. The Morgan fingerprint density at radius 2 is 1.96 bits per heavy atom. The minimum absolute atomic E-state index is 0.295. The molecule has 2 aromatic rings. The molecule has 0 aliphatic heterocycles. The van der Waals surface area contributed by atoms with Crippen molar-refractivity contribution in [2.24, 2.45) is 5.92 Å². The van der Waals surface area contributed by atoms with Gasteiger partial charge in [0.25, 0.3) is 0 Å². The Morgan fingerprint density at radius 1 is 1.19 bits per heavy atom. The summed E-state index contributed by atoms with van der Waals surface area (Å²) in [6, 6.07) is 14.7. The third-order valence-electron chi connectivity index (χ3n) is 5.34. The molecular weight excluding hydrogens is 338 g/mol. The van der Waals surface area contributed by atoms with E-state index < -0.39 is 5.97 Å². The molecule has 0 aromatic heterocycles. The molecule has 27 heavy (non-hydrogen) atoms. The lowest BCUT2D eigenvalue weighted by atomic mass is 9.73. The van der Waals surface area contributed by atoms with Crippen molar-refractivity contribution in [3.8, 4) is 5.75 Å². The summed E-state index contributed by atoms with van der Waals surface area (Å²) < 4.78 is 0. The third-order valence-corrected chi connectivity index (χ3v) is 5.34. The molecule has 0 saturated heterocycles. The van der Waals surface area contributed by atoms with Crippen LogP contribution in [0.15, 0.2) is 54.1 Å². The normalized spacial score (nSPS) is 21.5. The number of carboxylic acids is 1. The third kappa shape index (κ3) is 4.77. The molecule has 2 N–H and O–H groups in total. The highest BCUT2D eigenvalue weighted by Gasteiger charge is 2.29. The van der Waals surface area contributed by atoms with E-state index in [0.717, 1.165) is 36.9 Å². The second-order valence-electron chi connectivity index (χ2n) is 7.66. The second kappa shape index (κ2) is 8.40. The molecule has 3 rings (SSSR count). The van der Waals surface area contributed by atoms with Crippen LogP contribution in [0.1, 0.15) is 46.7 Å². The fourth-order valence-electron chi connectivity index (χ4n) is 4.12. The number of nitrogens with zero attached hydrogens (tertiary/aromatic N) is 1. The minimum Gasteiger partial charge on any atom is -0.508 e. The topological polar surface area (TPSA) is 60.8 Å². The number of hydrogen-bond donors (Lipinski definition) is 2.